The maximum Gasteiger partial charge on any atom is 0.335 e. The SMILES string of the molecule is CCc1cc(O)c(F)cc1-c1cc(F)c2c(-c3nc4c([nH]3)CN(C(=O)CN3C[C@@H](C)O[C@@H](C)C3)CC4)n[nH]c2c1.O=C(O)C(O)C(O)C(=O)O. The van der Waals surface area contributed by atoms with Crippen molar-refractivity contribution in [3.8, 4) is 28.4 Å². The number of aliphatic carboxylic acids is 2. The minimum atomic E-state index is -2.27. The van der Waals surface area contributed by atoms with E-state index in [0.717, 1.165) is 24.5 Å². The van der Waals surface area contributed by atoms with Gasteiger partial charge in [-0.2, -0.15) is 5.10 Å². The van der Waals surface area contributed by atoms with Crippen LogP contribution in [0.3, 0.4) is 0 Å². The molecule has 4 heterocycles. The molecule has 1 fully saturated rings. The Kier molecular flexibility index (Phi) is 10.8. The first-order chi connectivity index (χ1) is 23.7. The molecule has 6 rings (SSSR count). The highest BCUT2D eigenvalue weighted by Gasteiger charge is 2.30. The van der Waals surface area contributed by atoms with Crippen molar-refractivity contribution >= 4 is 28.7 Å². The third kappa shape index (κ3) is 7.75. The van der Waals surface area contributed by atoms with Gasteiger partial charge in [-0.3, -0.25) is 14.8 Å². The van der Waals surface area contributed by atoms with Gasteiger partial charge in [0.15, 0.2) is 29.6 Å². The predicted octanol–water partition coefficient (Wildman–Crippen LogP) is 2.04. The van der Waals surface area contributed by atoms with Crippen LogP contribution in [-0.2, 0) is 38.5 Å². The standard InChI is InChI=1S/C29H32F2N6O3.C4H6O6/c1-4-17-9-25(38)20(30)10-19(17)18-7-21(31)27-23(8-18)34-35-28(27)29-32-22-5-6-37(13-24(22)33-29)26(39)14-36-11-15(2)40-16(3)12-36;5-1(3(7)8)2(6)4(9)10/h7-10,15-16,38H,4-6,11-14H2,1-3H3,(H,32,33)(H,34,35);1-2,5-6H,(H,7,8)(H,9,10)/t15-,16+;. The second-order valence-electron chi connectivity index (χ2n) is 12.4. The lowest BCUT2D eigenvalue weighted by Crippen LogP contribution is -2.50. The fourth-order valence-corrected chi connectivity index (χ4v) is 6.19. The molecule has 2 aromatic carbocycles. The van der Waals surface area contributed by atoms with Crippen molar-refractivity contribution < 1.29 is 53.4 Å². The van der Waals surface area contributed by atoms with Crippen LogP contribution in [-0.4, -0.2) is 124 Å². The zero-order chi connectivity index (χ0) is 36.4. The van der Waals surface area contributed by atoms with Crippen LogP contribution >= 0.6 is 0 Å². The van der Waals surface area contributed by atoms with E-state index < -0.39 is 41.5 Å². The number of H-pyrrole nitrogens is 2. The number of imidazole rings is 1. The molecule has 17 heteroatoms. The Bertz CT molecular complexity index is 1890. The summed E-state index contributed by atoms with van der Waals surface area (Å²) >= 11 is 0. The number of fused-ring (bicyclic) bond motifs is 2. The van der Waals surface area contributed by atoms with E-state index in [1.165, 1.54) is 18.2 Å². The minimum absolute atomic E-state index is 0.0593. The van der Waals surface area contributed by atoms with Gasteiger partial charge in [0.05, 0.1) is 47.6 Å². The number of phenolic OH excluding ortho intramolecular Hbond substituents is 1. The fraction of sp³-hybridized carbons (Fsp3) is 0.424. The van der Waals surface area contributed by atoms with Crippen LogP contribution in [0.15, 0.2) is 24.3 Å². The van der Waals surface area contributed by atoms with Crippen molar-refractivity contribution in [2.24, 2.45) is 0 Å². The van der Waals surface area contributed by atoms with Gasteiger partial charge in [0, 0.05) is 26.1 Å². The van der Waals surface area contributed by atoms with Crippen LogP contribution in [0.5, 0.6) is 5.75 Å². The van der Waals surface area contributed by atoms with Crippen LogP contribution in [0, 0.1) is 11.6 Å². The highest BCUT2D eigenvalue weighted by atomic mass is 19.1. The number of halogens is 2. The highest BCUT2D eigenvalue weighted by Crippen LogP contribution is 2.35. The number of hydrogen-bond acceptors (Lipinski definition) is 10. The van der Waals surface area contributed by atoms with Gasteiger partial charge < -0.3 is 40.2 Å². The highest BCUT2D eigenvalue weighted by molar-refractivity contribution is 5.95. The van der Waals surface area contributed by atoms with E-state index >= 15 is 4.39 Å². The monoisotopic (exact) mass is 700 g/mol. The molecular formula is C33H38F2N6O9. The number of amides is 1. The minimum Gasteiger partial charge on any atom is -0.505 e. The molecule has 2 unspecified atom stereocenters. The zero-order valence-electron chi connectivity index (χ0n) is 27.5. The first-order valence-corrected chi connectivity index (χ1v) is 15.9. The van der Waals surface area contributed by atoms with Gasteiger partial charge in [0.25, 0.3) is 0 Å². The molecule has 2 aromatic heterocycles. The molecule has 268 valence electrons. The van der Waals surface area contributed by atoms with Crippen LogP contribution in [0.1, 0.15) is 37.7 Å². The van der Waals surface area contributed by atoms with Gasteiger partial charge in [-0.25, -0.2) is 23.4 Å². The number of aromatic hydroxyl groups is 1. The maximum absolute atomic E-state index is 15.5. The normalized spacial score (nSPS) is 19.0. The van der Waals surface area contributed by atoms with Gasteiger partial charge in [-0.1, -0.05) is 6.92 Å². The number of rotatable bonds is 8. The summed E-state index contributed by atoms with van der Waals surface area (Å²) in [6, 6.07) is 5.66. The molecule has 7 N–H and O–H groups in total. The third-order valence-electron chi connectivity index (χ3n) is 8.55. The van der Waals surface area contributed by atoms with E-state index in [0.29, 0.717) is 66.2 Å². The molecule has 15 nitrogen and oxygen atoms in total. The Labute approximate surface area is 284 Å². The quantitative estimate of drug-likeness (QED) is 0.140. The molecule has 50 heavy (non-hydrogen) atoms. The van der Waals surface area contributed by atoms with Gasteiger partial charge in [0.2, 0.25) is 5.91 Å². The molecular weight excluding hydrogens is 662 g/mol. The van der Waals surface area contributed by atoms with Crippen LogP contribution in [0.25, 0.3) is 33.5 Å². The predicted molar refractivity (Wildman–Crippen MR) is 173 cm³/mol. The summed E-state index contributed by atoms with van der Waals surface area (Å²) in [5.41, 5.74) is 4.14. The molecule has 1 saturated heterocycles. The molecule has 0 radical (unpaired) electrons. The average Bonchev–Trinajstić information content (AvgIpc) is 3.69. The second kappa shape index (κ2) is 14.9. The van der Waals surface area contributed by atoms with E-state index in [1.54, 1.807) is 6.07 Å². The summed E-state index contributed by atoms with van der Waals surface area (Å²) in [6.45, 7) is 8.68. The van der Waals surface area contributed by atoms with Crippen LogP contribution in [0.2, 0.25) is 0 Å². The number of morpholine rings is 1. The summed E-state index contributed by atoms with van der Waals surface area (Å²) in [5, 5.41) is 49.8. The smallest absolute Gasteiger partial charge is 0.335 e. The number of carbonyl (C=O) groups excluding carboxylic acids is 1. The zero-order valence-corrected chi connectivity index (χ0v) is 27.5. The molecule has 4 atom stereocenters. The molecule has 0 aliphatic carbocycles. The molecule has 2 aliphatic heterocycles. The second-order valence-corrected chi connectivity index (χ2v) is 12.4. The number of ether oxygens (including phenoxy) is 1. The number of carboxylic acid groups (broad SMARTS) is 2. The lowest BCUT2D eigenvalue weighted by atomic mass is 9.96. The van der Waals surface area contributed by atoms with E-state index in [1.807, 2.05) is 25.7 Å². The number of aromatic nitrogens is 4. The summed E-state index contributed by atoms with van der Waals surface area (Å²) in [5.74, 6) is -4.77. The lowest BCUT2D eigenvalue weighted by Gasteiger charge is -2.36. The molecule has 4 aromatic rings. The van der Waals surface area contributed by atoms with Gasteiger partial charge in [0.1, 0.15) is 11.5 Å². The van der Waals surface area contributed by atoms with Gasteiger partial charge >= 0.3 is 11.9 Å². The Morgan fingerprint density at radius 2 is 1.68 bits per heavy atom. The van der Waals surface area contributed by atoms with Gasteiger partial charge in [-0.15, -0.1) is 0 Å². The van der Waals surface area contributed by atoms with E-state index in [4.69, 9.17) is 30.1 Å². The van der Waals surface area contributed by atoms with Crippen molar-refractivity contribution in [3.05, 3.63) is 52.9 Å². The van der Waals surface area contributed by atoms with Crippen molar-refractivity contribution in [2.75, 3.05) is 26.2 Å². The Morgan fingerprint density at radius 3 is 2.30 bits per heavy atom. The van der Waals surface area contributed by atoms with Crippen LogP contribution in [0.4, 0.5) is 8.78 Å². The number of aliphatic hydroxyl groups is 2. The number of carboxylic acids is 2. The largest absolute Gasteiger partial charge is 0.505 e. The number of phenols is 1. The van der Waals surface area contributed by atoms with Gasteiger partial charge in [-0.05, 0) is 61.2 Å². The fourth-order valence-electron chi connectivity index (χ4n) is 6.19. The Hall–Kier alpha value is -4.97. The number of aliphatic hydroxyl groups excluding tert-OH is 2. The first kappa shape index (κ1) is 36.3. The summed E-state index contributed by atoms with van der Waals surface area (Å²) < 4.78 is 35.5. The van der Waals surface area contributed by atoms with E-state index in [-0.39, 0.29) is 23.5 Å². The number of nitrogens with zero attached hydrogens (tertiary/aromatic N) is 4. The Morgan fingerprint density at radius 1 is 1.02 bits per heavy atom. The summed E-state index contributed by atoms with van der Waals surface area (Å²) in [7, 11) is 0. The van der Waals surface area contributed by atoms with E-state index in [2.05, 4.69) is 20.1 Å². The first-order valence-electron chi connectivity index (χ1n) is 15.9. The Balaban J connectivity index is 0.000000425. The lowest BCUT2D eigenvalue weighted by molar-refractivity contribution is -0.165. The molecule has 0 spiro atoms. The third-order valence-corrected chi connectivity index (χ3v) is 8.55. The topological polar surface area (TPSA) is 225 Å². The van der Waals surface area contributed by atoms with Crippen molar-refractivity contribution in [1.29, 1.82) is 0 Å². The molecule has 0 bridgehead atoms. The number of carbonyl (C=O) groups is 3. The number of aromatic amines is 2. The summed E-state index contributed by atoms with van der Waals surface area (Å²) in [6.07, 6.45) is -3.21. The number of aryl methyl sites for hydroxylation is 1. The molecule has 2 aliphatic rings. The van der Waals surface area contributed by atoms with Crippen LogP contribution < -0.4 is 0 Å². The van der Waals surface area contributed by atoms with Crippen molar-refractivity contribution in [2.45, 2.75) is 64.6 Å². The summed E-state index contributed by atoms with van der Waals surface area (Å²) in [4.78, 5) is 44.6. The molecule has 0 saturated carbocycles. The number of hydrogen-bond donors (Lipinski definition) is 7. The average molecular weight is 701 g/mol. The van der Waals surface area contributed by atoms with E-state index in [9.17, 15) is 23.9 Å². The molecule has 1 amide bonds. The van der Waals surface area contributed by atoms with Crippen molar-refractivity contribution in [3.63, 3.8) is 0 Å². The van der Waals surface area contributed by atoms with Crippen molar-refractivity contribution in [1.82, 2.24) is 30.0 Å². The maximum atomic E-state index is 15.5. The number of benzene rings is 2. The number of nitrogens with one attached hydrogen (secondary N) is 2.